The van der Waals surface area contributed by atoms with E-state index in [0.717, 1.165) is 12.8 Å². The monoisotopic (exact) mass is 184 g/mol. The molecule has 0 heterocycles. The van der Waals surface area contributed by atoms with Crippen LogP contribution in [0.4, 0.5) is 0 Å². The van der Waals surface area contributed by atoms with Crippen LogP contribution < -0.4 is 10.6 Å². The van der Waals surface area contributed by atoms with Gasteiger partial charge in [0.05, 0.1) is 18.7 Å². The van der Waals surface area contributed by atoms with Crippen molar-refractivity contribution < 1.29 is 5.11 Å². The fraction of sp³-hybridized carbons (Fsp3) is 0.625. The minimum atomic E-state index is -0.154. The summed E-state index contributed by atoms with van der Waals surface area (Å²) in [5.41, 5.74) is -0.154. The molecule has 1 aliphatic rings. The number of nitrogens with one attached hydrogen (secondary N) is 2. The van der Waals surface area contributed by atoms with Crippen molar-refractivity contribution in [2.24, 2.45) is 0 Å². The van der Waals surface area contributed by atoms with Gasteiger partial charge in [-0.1, -0.05) is 5.92 Å². The van der Waals surface area contributed by atoms with Crippen molar-refractivity contribution in [3.63, 3.8) is 0 Å². The van der Waals surface area contributed by atoms with Gasteiger partial charge >= 0.3 is 0 Å². The van der Waals surface area contributed by atoms with Crippen LogP contribution in [-0.4, -0.2) is 28.9 Å². The molecule has 0 spiro atoms. The Kier molecular flexibility index (Phi) is 2.90. The number of hydrogen-bond donors (Lipinski definition) is 3. The topological polar surface area (TPSA) is 44.3 Å². The summed E-state index contributed by atoms with van der Waals surface area (Å²) in [6, 6.07) is 0. The zero-order valence-electron chi connectivity index (χ0n) is 6.76. The van der Waals surface area contributed by atoms with Gasteiger partial charge in [0.25, 0.3) is 0 Å². The van der Waals surface area contributed by atoms with E-state index in [4.69, 9.17) is 23.7 Å². The quantitative estimate of drug-likeness (QED) is 0.413. The first-order valence-corrected chi connectivity index (χ1v) is 4.24. The van der Waals surface area contributed by atoms with Gasteiger partial charge in [0, 0.05) is 0 Å². The molecule has 12 heavy (non-hydrogen) atoms. The average Bonchev–Trinajstić information content (AvgIpc) is 2.82. The van der Waals surface area contributed by atoms with Gasteiger partial charge in [0.15, 0.2) is 5.11 Å². The van der Waals surface area contributed by atoms with E-state index in [1.54, 1.807) is 0 Å². The van der Waals surface area contributed by atoms with Crippen LogP contribution in [0.15, 0.2) is 0 Å². The lowest BCUT2D eigenvalue weighted by molar-refractivity contribution is 0.245. The van der Waals surface area contributed by atoms with Gasteiger partial charge in [0.2, 0.25) is 0 Å². The molecular formula is C8H12N2OS. The molecular weight excluding hydrogens is 172 g/mol. The van der Waals surface area contributed by atoms with E-state index >= 15 is 0 Å². The third-order valence-corrected chi connectivity index (χ3v) is 2.13. The van der Waals surface area contributed by atoms with Gasteiger partial charge in [-0.2, -0.15) is 0 Å². The molecule has 0 aromatic carbocycles. The second-order valence-corrected chi connectivity index (χ2v) is 3.36. The molecule has 1 rings (SSSR count). The number of aliphatic hydroxyl groups is 1. The first kappa shape index (κ1) is 9.30. The molecule has 4 heteroatoms. The Morgan fingerprint density at radius 3 is 2.75 bits per heavy atom. The molecule has 1 saturated carbocycles. The van der Waals surface area contributed by atoms with E-state index in [9.17, 15) is 0 Å². The van der Waals surface area contributed by atoms with E-state index in [2.05, 4.69) is 16.6 Å². The molecule has 0 amide bonds. The molecule has 0 saturated heterocycles. The first-order valence-electron chi connectivity index (χ1n) is 3.83. The molecule has 0 aromatic heterocycles. The fourth-order valence-corrected chi connectivity index (χ4v) is 1.18. The smallest absolute Gasteiger partial charge is 0.167 e. The SMILES string of the molecule is C#CCNC(=S)NC1(CO)CC1. The van der Waals surface area contributed by atoms with Crippen molar-refractivity contribution in [1.82, 2.24) is 10.6 Å². The van der Waals surface area contributed by atoms with Crippen molar-refractivity contribution in [3.8, 4) is 12.3 Å². The highest BCUT2D eigenvalue weighted by molar-refractivity contribution is 7.80. The zero-order valence-corrected chi connectivity index (χ0v) is 7.58. The summed E-state index contributed by atoms with van der Waals surface area (Å²) in [6.45, 7) is 0.554. The molecule has 3 N–H and O–H groups in total. The first-order chi connectivity index (χ1) is 5.72. The standard InChI is InChI=1S/C8H12N2OS/c1-2-5-9-7(12)10-8(6-11)3-4-8/h1,11H,3-6H2,(H2,9,10,12). The molecule has 0 unspecified atom stereocenters. The van der Waals surface area contributed by atoms with E-state index in [-0.39, 0.29) is 12.1 Å². The highest BCUT2D eigenvalue weighted by Gasteiger charge is 2.42. The molecule has 0 bridgehead atoms. The summed E-state index contributed by atoms with van der Waals surface area (Å²) in [6.07, 6.45) is 6.99. The summed E-state index contributed by atoms with van der Waals surface area (Å²) >= 11 is 4.94. The van der Waals surface area contributed by atoms with Crippen molar-refractivity contribution in [2.75, 3.05) is 13.2 Å². The summed E-state index contributed by atoms with van der Waals surface area (Å²) < 4.78 is 0. The highest BCUT2D eigenvalue weighted by atomic mass is 32.1. The lowest BCUT2D eigenvalue weighted by atomic mass is 10.3. The van der Waals surface area contributed by atoms with Gasteiger partial charge in [-0.3, -0.25) is 0 Å². The number of thiocarbonyl (C=S) groups is 1. The summed E-state index contributed by atoms with van der Waals surface area (Å²) in [5.74, 6) is 2.42. The predicted octanol–water partition coefficient (Wildman–Crippen LogP) is -0.391. The highest BCUT2D eigenvalue weighted by Crippen LogP contribution is 2.34. The van der Waals surface area contributed by atoms with E-state index in [0.29, 0.717) is 11.7 Å². The summed E-state index contributed by atoms with van der Waals surface area (Å²) in [4.78, 5) is 0. The van der Waals surface area contributed by atoms with Crippen molar-refractivity contribution >= 4 is 17.3 Å². The minimum Gasteiger partial charge on any atom is -0.394 e. The third-order valence-electron chi connectivity index (χ3n) is 1.89. The lowest BCUT2D eigenvalue weighted by Gasteiger charge is -2.16. The van der Waals surface area contributed by atoms with Gasteiger partial charge in [-0.15, -0.1) is 6.42 Å². The van der Waals surface area contributed by atoms with Crippen LogP contribution in [0.3, 0.4) is 0 Å². The van der Waals surface area contributed by atoms with Gasteiger partial charge in [-0.25, -0.2) is 0 Å². The molecule has 66 valence electrons. The van der Waals surface area contributed by atoms with Crippen LogP contribution in [0.2, 0.25) is 0 Å². The van der Waals surface area contributed by atoms with Gasteiger partial charge in [-0.05, 0) is 25.1 Å². The maximum absolute atomic E-state index is 8.94. The van der Waals surface area contributed by atoms with Crippen molar-refractivity contribution in [3.05, 3.63) is 0 Å². The largest absolute Gasteiger partial charge is 0.394 e. The molecule has 3 nitrogen and oxygen atoms in total. The Morgan fingerprint density at radius 1 is 1.67 bits per heavy atom. The van der Waals surface area contributed by atoms with Crippen LogP contribution in [0, 0.1) is 12.3 Å². The maximum atomic E-state index is 8.94. The Bertz CT molecular complexity index is 218. The second-order valence-electron chi connectivity index (χ2n) is 2.95. The minimum absolute atomic E-state index is 0.130. The third kappa shape index (κ3) is 2.36. The van der Waals surface area contributed by atoms with Crippen molar-refractivity contribution in [1.29, 1.82) is 0 Å². The Balaban J connectivity index is 2.23. The Hall–Kier alpha value is -0.790. The zero-order chi connectivity index (χ0) is 9.03. The van der Waals surface area contributed by atoms with Crippen molar-refractivity contribution in [2.45, 2.75) is 18.4 Å². The lowest BCUT2D eigenvalue weighted by Crippen LogP contribution is -2.45. The Labute approximate surface area is 77.5 Å². The Morgan fingerprint density at radius 2 is 2.33 bits per heavy atom. The number of aliphatic hydroxyl groups excluding tert-OH is 1. The molecule has 1 aliphatic carbocycles. The number of terminal acetylenes is 1. The summed E-state index contributed by atoms with van der Waals surface area (Å²) in [5, 5.41) is 15.3. The second kappa shape index (κ2) is 3.74. The van der Waals surface area contributed by atoms with Gasteiger partial charge in [0.1, 0.15) is 0 Å². The molecule has 0 radical (unpaired) electrons. The molecule has 1 fully saturated rings. The summed E-state index contributed by atoms with van der Waals surface area (Å²) in [7, 11) is 0. The van der Waals surface area contributed by atoms with Crippen LogP contribution in [0.1, 0.15) is 12.8 Å². The normalized spacial score (nSPS) is 17.7. The average molecular weight is 184 g/mol. The molecule has 0 atom stereocenters. The van der Waals surface area contributed by atoms with Crippen LogP contribution in [-0.2, 0) is 0 Å². The van der Waals surface area contributed by atoms with E-state index in [1.165, 1.54) is 0 Å². The predicted molar refractivity (Wildman–Crippen MR) is 51.6 cm³/mol. The van der Waals surface area contributed by atoms with Crippen LogP contribution in [0.5, 0.6) is 0 Å². The molecule has 0 aromatic rings. The fourth-order valence-electron chi connectivity index (χ4n) is 0.890. The molecule has 0 aliphatic heterocycles. The van der Waals surface area contributed by atoms with E-state index in [1.807, 2.05) is 0 Å². The number of hydrogen-bond acceptors (Lipinski definition) is 2. The number of rotatable bonds is 3. The van der Waals surface area contributed by atoms with E-state index < -0.39 is 0 Å². The van der Waals surface area contributed by atoms with Gasteiger partial charge < -0.3 is 15.7 Å². The maximum Gasteiger partial charge on any atom is 0.167 e. The van der Waals surface area contributed by atoms with Crippen LogP contribution >= 0.6 is 12.2 Å². The van der Waals surface area contributed by atoms with Crippen LogP contribution in [0.25, 0.3) is 0 Å².